The number of aromatic nitrogens is 4. The molecule has 1 aliphatic rings. The zero-order chi connectivity index (χ0) is 24.8. The van der Waals surface area contributed by atoms with E-state index in [1.807, 2.05) is 25.3 Å². The molecule has 0 amide bonds. The second-order valence-electron chi connectivity index (χ2n) is 7.44. The van der Waals surface area contributed by atoms with Crippen LogP contribution >= 0.6 is 0 Å². The highest BCUT2D eigenvalue weighted by Crippen LogP contribution is 2.31. The van der Waals surface area contributed by atoms with Gasteiger partial charge in [0.15, 0.2) is 5.78 Å². The number of rotatable bonds is 5. The smallest absolute Gasteiger partial charge is 0.337 e. The van der Waals surface area contributed by atoms with Crippen molar-refractivity contribution in [3.8, 4) is 0 Å². The van der Waals surface area contributed by atoms with Gasteiger partial charge in [0.25, 0.3) is 0 Å². The summed E-state index contributed by atoms with van der Waals surface area (Å²) in [6, 6.07) is 6.74. The van der Waals surface area contributed by atoms with Gasteiger partial charge in [-0.15, -0.1) is 0 Å². The molecule has 0 radical (unpaired) electrons. The van der Waals surface area contributed by atoms with Crippen molar-refractivity contribution in [2.45, 2.75) is 79.7 Å². The molecule has 180 valence electrons. The Bertz CT molecular complexity index is 947. The van der Waals surface area contributed by atoms with E-state index in [1.54, 1.807) is 31.3 Å². The molecule has 1 aliphatic carbocycles. The van der Waals surface area contributed by atoms with Crippen molar-refractivity contribution < 1.29 is 14.7 Å². The lowest BCUT2D eigenvalue weighted by Crippen LogP contribution is -2.16. The van der Waals surface area contributed by atoms with Gasteiger partial charge in [0, 0.05) is 25.4 Å². The summed E-state index contributed by atoms with van der Waals surface area (Å²) in [6.45, 7) is 11.7. The fourth-order valence-corrected chi connectivity index (χ4v) is 3.42. The van der Waals surface area contributed by atoms with Crippen molar-refractivity contribution in [3.05, 3.63) is 53.7 Å². The maximum Gasteiger partial charge on any atom is 0.337 e. The number of carbonyl (C=O) groups excluding carboxylic acids is 1. The number of carbonyl (C=O) groups is 2. The molecule has 0 saturated heterocycles. The summed E-state index contributed by atoms with van der Waals surface area (Å²) < 4.78 is 2.00. The Morgan fingerprint density at radius 1 is 1.12 bits per heavy atom. The van der Waals surface area contributed by atoms with E-state index < -0.39 is 5.97 Å². The molecular weight excluding hydrogens is 418 g/mol. The molecule has 3 rings (SSSR count). The van der Waals surface area contributed by atoms with Gasteiger partial charge in [-0.3, -0.25) is 4.79 Å². The summed E-state index contributed by atoms with van der Waals surface area (Å²) in [5.41, 5.74) is 0.703. The normalized spacial score (nSPS) is 12.4. The van der Waals surface area contributed by atoms with Gasteiger partial charge in [-0.05, 0) is 44.0 Å². The van der Waals surface area contributed by atoms with Crippen LogP contribution in [0.25, 0.3) is 0 Å². The molecule has 0 spiro atoms. The van der Waals surface area contributed by atoms with Crippen LogP contribution in [0.1, 0.15) is 99.4 Å². The molecule has 0 aromatic carbocycles. The molecule has 2 heterocycles. The highest BCUT2D eigenvalue weighted by molar-refractivity contribution is 5.92. The van der Waals surface area contributed by atoms with Gasteiger partial charge in [0.2, 0.25) is 5.95 Å². The van der Waals surface area contributed by atoms with E-state index in [0.717, 1.165) is 25.7 Å². The standard InChI is InChI=1S/C20H23N5O3.C3H8.C2H6/c1-13(26)17-8-5-11-21-20(23-14(2)25(17)16-6-3-4-7-16)24-18-10-9-15(12-22-18)19(27)28;1-3-2;1-2/h5,8-12,16H,3-4,6-7H2,1-2H3,(H,27,28)(H,21,22,24);3H2,1-2H3;1-2H3. The molecule has 0 atom stereocenters. The van der Waals surface area contributed by atoms with Crippen LogP contribution in [0.5, 0.6) is 0 Å². The fraction of sp³-hybridized carbons (Fsp3) is 0.480. The largest absolute Gasteiger partial charge is 0.478 e. The first-order chi connectivity index (χ1) is 15.9. The van der Waals surface area contributed by atoms with Gasteiger partial charge >= 0.3 is 5.97 Å². The monoisotopic (exact) mass is 455 g/mol. The summed E-state index contributed by atoms with van der Waals surface area (Å²) >= 11 is 0. The molecular formula is C25H37N5O3. The molecule has 2 aromatic heterocycles. The second kappa shape index (κ2) is 14.7. The Morgan fingerprint density at radius 3 is 2.27 bits per heavy atom. The molecule has 1 fully saturated rings. The lowest BCUT2D eigenvalue weighted by molar-refractivity contribution is 0.0696. The van der Waals surface area contributed by atoms with Crippen LogP contribution in [0, 0.1) is 6.92 Å². The Hall–Kier alpha value is -3.29. The topological polar surface area (TPSA) is 110 Å². The van der Waals surface area contributed by atoms with Crippen molar-refractivity contribution in [1.29, 1.82) is 0 Å². The fourth-order valence-electron chi connectivity index (χ4n) is 3.42. The summed E-state index contributed by atoms with van der Waals surface area (Å²) in [4.78, 5) is 36.2. The van der Waals surface area contributed by atoms with Crippen LogP contribution in [0.4, 0.5) is 11.8 Å². The maximum absolute atomic E-state index is 12.2. The number of carboxylic acid groups (broad SMARTS) is 1. The van der Waals surface area contributed by atoms with E-state index in [1.165, 1.54) is 18.7 Å². The molecule has 0 aliphatic heterocycles. The van der Waals surface area contributed by atoms with E-state index in [4.69, 9.17) is 5.11 Å². The van der Waals surface area contributed by atoms with Crippen LogP contribution in [-0.2, 0) is 0 Å². The molecule has 33 heavy (non-hydrogen) atoms. The van der Waals surface area contributed by atoms with Gasteiger partial charge in [0.1, 0.15) is 11.6 Å². The third kappa shape index (κ3) is 8.63. The SMILES string of the molecule is CC.CC(=O)c1cccnc(Nc2ccc(C(=O)O)cn2)nc(C)n1C1CCCC1.CCC. The lowest BCUT2D eigenvalue weighted by Gasteiger charge is -2.19. The number of carboxylic acids is 1. The Morgan fingerprint density at radius 2 is 1.76 bits per heavy atom. The van der Waals surface area contributed by atoms with Crippen molar-refractivity contribution in [1.82, 2.24) is 19.5 Å². The number of hydrogen-bond donors (Lipinski definition) is 2. The number of aryl methyl sites for hydroxylation is 1. The molecule has 0 bridgehead atoms. The number of Topliss-reactive ketones (excluding diaryl/α,β-unsaturated/α-hetero) is 1. The third-order valence-corrected chi connectivity index (χ3v) is 4.71. The van der Waals surface area contributed by atoms with Crippen molar-refractivity contribution in [2.24, 2.45) is 0 Å². The van der Waals surface area contributed by atoms with Gasteiger partial charge < -0.3 is 15.0 Å². The first-order valence-electron chi connectivity index (χ1n) is 11.6. The van der Waals surface area contributed by atoms with Crippen molar-refractivity contribution >= 4 is 23.5 Å². The zero-order valence-corrected chi connectivity index (χ0v) is 20.6. The number of hydrogen-bond acceptors (Lipinski definition) is 6. The summed E-state index contributed by atoms with van der Waals surface area (Å²) in [6.07, 6.45) is 8.38. The van der Waals surface area contributed by atoms with Gasteiger partial charge in [-0.25, -0.2) is 14.8 Å². The van der Waals surface area contributed by atoms with Gasteiger partial charge in [-0.1, -0.05) is 47.0 Å². The summed E-state index contributed by atoms with van der Waals surface area (Å²) in [7, 11) is 0. The molecule has 0 unspecified atom stereocenters. The van der Waals surface area contributed by atoms with Crippen LogP contribution in [0.3, 0.4) is 0 Å². The van der Waals surface area contributed by atoms with E-state index >= 15 is 0 Å². The van der Waals surface area contributed by atoms with Crippen LogP contribution in [-0.4, -0.2) is 36.4 Å². The summed E-state index contributed by atoms with van der Waals surface area (Å²) in [5.74, 6) is 0.357. The minimum Gasteiger partial charge on any atom is -0.478 e. The maximum atomic E-state index is 12.2. The Labute approximate surface area is 196 Å². The number of nitrogens with zero attached hydrogens (tertiary/aromatic N) is 4. The van der Waals surface area contributed by atoms with E-state index in [9.17, 15) is 9.59 Å². The van der Waals surface area contributed by atoms with Crippen LogP contribution in [0.15, 0.2) is 36.7 Å². The first-order valence-corrected chi connectivity index (χ1v) is 11.6. The third-order valence-electron chi connectivity index (χ3n) is 4.71. The molecule has 8 heteroatoms. The number of ketones is 1. The highest BCUT2D eigenvalue weighted by atomic mass is 16.4. The zero-order valence-electron chi connectivity index (χ0n) is 20.6. The van der Waals surface area contributed by atoms with E-state index in [-0.39, 0.29) is 17.4 Å². The molecule has 2 N–H and O–H groups in total. The van der Waals surface area contributed by atoms with Gasteiger partial charge in [-0.2, -0.15) is 4.98 Å². The number of aromatic carboxylic acids is 1. The number of nitrogens with one attached hydrogen (secondary N) is 1. The van der Waals surface area contributed by atoms with E-state index in [0.29, 0.717) is 23.3 Å². The summed E-state index contributed by atoms with van der Waals surface area (Å²) in [5, 5.41) is 12.0. The van der Waals surface area contributed by atoms with E-state index in [2.05, 4.69) is 34.1 Å². The predicted molar refractivity (Wildman–Crippen MR) is 132 cm³/mol. The lowest BCUT2D eigenvalue weighted by atomic mass is 10.2. The number of pyridine rings is 1. The Balaban J connectivity index is 0.00000101. The minimum atomic E-state index is -1.04. The quantitative estimate of drug-likeness (QED) is 0.508. The average molecular weight is 456 g/mol. The van der Waals surface area contributed by atoms with Crippen LogP contribution < -0.4 is 5.32 Å². The van der Waals surface area contributed by atoms with Crippen LogP contribution in [0.2, 0.25) is 0 Å². The predicted octanol–water partition coefficient (Wildman–Crippen LogP) is 6.31. The van der Waals surface area contributed by atoms with Crippen molar-refractivity contribution in [2.75, 3.05) is 5.32 Å². The van der Waals surface area contributed by atoms with Gasteiger partial charge in [0.05, 0.1) is 11.3 Å². The second-order valence-corrected chi connectivity index (χ2v) is 7.44. The van der Waals surface area contributed by atoms with Crippen molar-refractivity contribution in [3.63, 3.8) is 0 Å². The molecule has 2 aromatic rings. The number of anilines is 2. The average Bonchev–Trinajstić information content (AvgIpc) is 3.33. The Kier molecular flexibility index (Phi) is 12.4. The minimum absolute atomic E-state index is 0.0200. The molecule has 1 saturated carbocycles. The highest BCUT2D eigenvalue weighted by Gasteiger charge is 2.21. The first kappa shape index (κ1) is 27.7. The molecule has 8 nitrogen and oxygen atoms in total.